The monoisotopic (exact) mass is 306 g/mol. The Hall–Kier alpha value is 0.220. The molecule has 0 amide bonds. The molecular weight excluding hydrogens is 280 g/mol. The zero-order valence-electron chi connectivity index (χ0n) is 11.7. The maximum absolute atomic E-state index is 12.2. The summed E-state index contributed by atoms with van der Waals surface area (Å²) in [6, 6.07) is 0.160. The molecule has 0 aromatic rings. The minimum absolute atomic E-state index is 0.160. The molecule has 2 aliphatic rings. The Morgan fingerprint density at radius 2 is 2.11 bits per heavy atom. The second kappa shape index (κ2) is 7.29. The van der Waals surface area contributed by atoms with Gasteiger partial charge in [-0.05, 0) is 57.4 Å². The van der Waals surface area contributed by atoms with E-state index in [1.165, 1.54) is 6.42 Å². The topological polar surface area (TPSA) is 58.2 Å². The van der Waals surface area contributed by atoms with Crippen LogP contribution in [0.25, 0.3) is 0 Å². The van der Waals surface area contributed by atoms with Crippen LogP contribution in [-0.4, -0.2) is 44.8 Å². The van der Waals surface area contributed by atoms with Crippen LogP contribution in [0.5, 0.6) is 0 Å². The van der Waals surface area contributed by atoms with E-state index in [1.807, 2.05) is 11.8 Å². The molecule has 112 valence electrons. The van der Waals surface area contributed by atoms with E-state index < -0.39 is 10.0 Å². The van der Waals surface area contributed by atoms with Crippen LogP contribution in [0.15, 0.2) is 0 Å². The van der Waals surface area contributed by atoms with Gasteiger partial charge in [0, 0.05) is 11.3 Å². The lowest BCUT2D eigenvalue weighted by molar-refractivity contribution is 0.394. The van der Waals surface area contributed by atoms with Gasteiger partial charge in [0.1, 0.15) is 0 Å². The summed E-state index contributed by atoms with van der Waals surface area (Å²) in [7, 11) is -3.11. The van der Waals surface area contributed by atoms with Gasteiger partial charge in [0.25, 0.3) is 0 Å². The van der Waals surface area contributed by atoms with E-state index in [9.17, 15) is 8.42 Å². The first-order valence-electron chi connectivity index (χ1n) is 7.32. The predicted molar refractivity (Wildman–Crippen MR) is 82.1 cm³/mol. The van der Waals surface area contributed by atoms with Crippen molar-refractivity contribution >= 4 is 21.8 Å². The number of nitrogens with one attached hydrogen (secondary N) is 2. The minimum Gasteiger partial charge on any atom is -0.316 e. The summed E-state index contributed by atoms with van der Waals surface area (Å²) in [4.78, 5) is 0. The van der Waals surface area contributed by atoms with Gasteiger partial charge >= 0.3 is 0 Å². The summed E-state index contributed by atoms with van der Waals surface area (Å²) in [5, 5.41) is 3.90. The third kappa shape index (κ3) is 5.25. The van der Waals surface area contributed by atoms with Gasteiger partial charge in [0.05, 0.1) is 5.75 Å². The standard InChI is InChI=1S/C13H26N2O2S2/c1-18-13-6-2-5-12(8-13)15-19(16,17)10-11-4-3-7-14-9-11/h11-15H,2-10H2,1H3. The van der Waals surface area contributed by atoms with Gasteiger partial charge in [-0.1, -0.05) is 6.42 Å². The van der Waals surface area contributed by atoms with Crippen molar-refractivity contribution < 1.29 is 8.42 Å². The molecule has 0 bridgehead atoms. The van der Waals surface area contributed by atoms with Crippen molar-refractivity contribution in [2.24, 2.45) is 5.92 Å². The molecule has 2 rings (SSSR count). The van der Waals surface area contributed by atoms with Crippen molar-refractivity contribution in [2.45, 2.75) is 49.8 Å². The lowest BCUT2D eigenvalue weighted by Crippen LogP contribution is -2.43. The molecule has 0 spiro atoms. The van der Waals surface area contributed by atoms with E-state index in [0.717, 1.165) is 45.2 Å². The Balaban J connectivity index is 1.82. The van der Waals surface area contributed by atoms with E-state index in [-0.39, 0.29) is 12.0 Å². The number of hydrogen-bond donors (Lipinski definition) is 2. The fourth-order valence-corrected chi connectivity index (χ4v) is 5.70. The van der Waals surface area contributed by atoms with E-state index in [0.29, 0.717) is 11.0 Å². The highest BCUT2D eigenvalue weighted by atomic mass is 32.2. The molecule has 3 unspecified atom stereocenters. The highest BCUT2D eigenvalue weighted by molar-refractivity contribution is 7.99. The average Bonchev–Trinajstić information content (AvgIpc) is 2.39. The quantitative estimate of drug-likeness (QED) is 0.810. The van der Waals surface area contributed by atoms with Crippen molar-refractivity contribution in [2.75, 3.05) is 25.1 Å². The first kappa shape index (κ1) is 15.6. The third-order valence-corrected chi connectivity index (χ3v) is 6.86. The summed E-state index contributed by atoms with van der Waals surface area (Å²) < 4.78 is 27.4. The first-order valence-corrected chi connectivity index (χ1v) is 10.3. The highest BCUT2D eigenvalue weighted by Crippen LogP contribution is 2.27. The van der Waals surface area contributed by atoms with E-state index in [1.54, 1.807) is 0 Å². The van der Waals surface area contributed by atoms with E-state index in [2.05, 4.69) is 16.3 Å². The summed E-state index contributed by atoms with van der Waals surface area (Å²) in [6.45, 7) is 1.88. The van der Waals surface area contributed by atoms with Crippen LogP contribution in [0.3, 0.4) is 0 Å². The van der Waals surface area contributed by atoms with Gasteiger partial charge in [-0.25, -0.2) is 13.1 Å². The van der Waals surface area contributed by atoms with Crippen LogP contribution in [-0.2, 0) is 10.0 Å². The molecule has 1 heterocycles. The van der Waals surface area contributed by atoms with Crippen LogP contribution in [0.1, 0.15) is 38.5 Å². The van der Waals surface area contributed by atoms with E-state index >= 15 is 0 Å². The fraction of sp³-hybridized carbons (Fsp3) is 1.00. The lowest BCUT2D eigenvalue weighted by atomic mass is 9.96. The van der Waals surface area contributed by atoms with Crippen molar-refractivity contribution in [3.8, 4) is 0 Å². The van der Waals surface area contributed by atoms with Crippen LogP contribution in [0, 0.1) is 5.92 Å². The zero-order chi connectivity index (χ0) is 13.7. The highest BCUT2D eigenvalue weighted by Gasteiger charge is 2.27. The SMILES string of the molecule is CSC1CCCC(NS(=O)(=O)CC2CCCNC2)C1. The normalized spacial score (nSPS) is 33.2. The molecule has 1 aliphatic carbocycles. The Kier molecular flexibility index (Phi) is 5.99. The minimum atomic E-state index is -3.11. The van der Waals surface area contributed by atoms with Crippen LogP contribution < -0.4 is 10.0 Å². The number of hydrogen-bond acceptors (Lipinski definition) is 4. The molecule has 19 heavy (non-hydrogen) atoms. The summed E-state index contributed by atoms with van der Waals surface area (Å²) in [5.41, 5.74) is 0. The second-order valence-electron chi connectivity index (χ2n) is 5.83. The molecular formula is C13H26N2O2S2. The molecule has 3 atom stereocenters. The van der Waals surface area contributed by atoms with Gasteiger partial charge in [-0.2, -0.15) is 11.8 Å². The molecule has 0 aromatic carbocycles. The van der Waals surface area contributed by atoms with Gasteiger partial charge in [-0.3, -0.25) is 0 Å². The van der Waals surface area contributed by atoms with Crippen LogP contribution >= 0.6 is 11.8 Å². The van der Waals surface area contributed by atoms with Gasteiger partial charge in [-0.15, -0.1) is 0 Å². The third-order valence-electron chi connectivity index (χ3n) is 4.16. The fourth-order valence-electron chi connectivity index (χ4n) is 3.14. The zero-order valence-corrected chi connectivity index (χ0v) is 13.4. The smallest absolute Gasteiger partial charge is 0.212 e. The summed E-state index contributed by atoms with van der Waals surface area (Å²) in [6.07, 6.45) is 8.61. The van der Waals surface area contributed by atoms with Crippen molar-refractivity contribution in [3.05, 3.63) is 0 Å². The Labute approximate surface area is 121 Å². The maximum Gasteiger partial charge on any atom is 0.212 e. The molecule has 4 nitrogen and oxygen atoms in total. The number of thioether (sulfide) groups is 1. The van der Waals surface area contributed by atoms with Crippen molar-refractivity contribution in [1.82, 2.24) is 10.0 Å². The second-order valence-corrected chi connectivity index (χ2v) is 8.77. The number of rotatable bonds is 5. The molecule has 0 aromatic heterocycles. The Morgan fingerprint density at radius 3 is 2.79 bits per heavy atom. The lowest BCUT2D eigenvalue weighted by Gasteiger charge is -2.29. The van der Waals surface area contributed by atoms with Crippen LogP contribution in [0.2, 0.25) is 0 Å². The van der Waals surface area contributed by atoms with Gasteiger partial charge in [0.2, 0.25) is 10.0 Å². The predicted octanol–water partition coefficient (Wildman–Crippen LogP) is 1.58. The Bertz CT molecular complexity index is 367. The molecule has 1 saturated carbocycles. The largest absolute Gasteiger partial charge is 0.316 e. The van der Waals surface area contributed by atoms with E-state index in [4.69, 9.17) is 0 Å². The molecule has 1 aliphatic heterocycles. The maximum atomic E-state index is 12.2. The molecule has 2 N–H and O–H groups in total. The summed E-state index contributed by atoms with van der Waals surface area (Å²) >= 11 is 1.87. The van der Waals surface area contributed by atoms with Crippen molar-refractivity contribution in [1.29, 1.82) is 0 Å². The molecule has 1 saturated heterocycles. The Morgan fingerprint density at radius 1 is 1.26 bits per heavy atom. The number of piperidine rings is 1. The molecule has 2 fully saturated rings. The van der Waals surface area contributed by atoms with Gasteiger partial charge < -0.3 is 5.32 Å². The van der Waals surface area contributed by atoms with Gasteiger partial charge in [0.15, 0.2) is 0 Å². The molecule has 6 heteroatoms. The average molecular weight is 306 g/mol. The molecule has 0 radical (unpaired) electrons. The van der Waals surface area contributed by atoms with Crippen molar-refractivity contribution in [3.63, 3.8) is 0 Å². The summed E-state index contributed by atoms with van der Waals surface area (Å²) in [5.74, 6) is 0.576. The first-order chi connectivity index (χ1) is 9.09. The van der Waals surface area contributed by atoms with Crippen LogP contribution in [0.4, 0.5) is 0 Å². The number of sulfonamides is 1.